The molecule has 0 spiro atoms. The average Bonchev–Trinajstić information content (AvgIpc) is 2.76. The first-order valence-corrected chi connectivity index (χ1v) is 6.40. The topological polar surface area (TPSA) is 38.0 Å². The monoisotopic (exact) mass is 272 g/mol. The lowest BCUT2D eigenvalue weighted by molar-refractivity contribution is 0.216. The number of aromatic nitrogens is 2. The first-order chi connectivity index (χ1) is 9.16. The number of halogens is 1. The lowest BCUT2D eigenvalue weighted by Crippen LogP contribution is -2.02. The molecule has 3 aromatic rings. The molecule has 0 saturated heterocycles. The van der Waals surface area contributed by atoms with Gasteiger partial charge in [-0.2, -0.15) is 5.10 Å². The van der Waals surface area contributed by atoms with Gasteiger partial charge in [-0.15, -0.1) is 0 Å². The molecular weight excluding hydrogens is 260 g/mol. The van der Waals surface area contributed by atoms with Gasteiger partial charge in [0.15, 0.2) is 0 Å². The molecule has 1 N–H and O–H groups in total. The molecule has 0 radical (unpaired) electrons. The van der Waals surface area contributed by atoms with Gasteiger partial charge >= 0.3 is 0 Å². The van der Waals surface area contributed by atoms with Crippen molar-refractivity contribution in [2.45, 2.75) is 6.10 Å². The summed E-state index contributed by atoms with van der Waals surface area (Å²) in [7, 11) is 1.87. The fraction of sp³-hybridized carbons (Fsp3) is 0.133. The summed E-state index contributed by atoms with van der Waals surface area (Å²) in [5, 5.41) is 16.5. The second-order valence-corrected chi connectivity index (χ2v) is 4.92. The number of rotatable bonds is 2. The zero-order chi connectivity index (χ0) is 13.4. The van der Waals surface area contributed by atoms with Crippen LogP contribution >= 0.6 is 11.6 Å². The van der Waals surface area contributed by atoms with E-state index in [1.807, 2.05) is 43.4 Å². The standard InChI is InChI=1S/C15H13ClN2O/c1-18-13-8-3-2-7-12(13)14(17-18)15(19)10-5-4-6-11(16)9-10/h2-9,15,19H,1H3. The average molecular weight is 273 g/mol. The number of benzene rings is 2. The molecule has 1 atom stereocenters. The molecule has 0 bridgehead atoms. The molecule has 0 aliphatic carbocycles. The summed E-state index contributed by atoms with van der Waals surface area (Å²) in [5.74, 6) is 0. The molecule has 0 fully saturated rings. The maximum atomic E-state index is 10.5. The molecule has 1 heterocycles. The van der Waals surface area contributed by atoms with E-state index >= 15 is 0 Å². The Morgan fingerprint density at radius 1 is 1.16 bits per heavy atom. The number of aliphatic hydroxyl groups excluding tert-OH is 1. The number of fused-ring (bicyclic) bond motifs is 1. The fourth-order valence-electron chi connectivity index (χ4n) is 2.28. The summed E-state index contributed by atoms with van der Waals surface area (Å²) in [5.41, 5.74) is 2.40. The summed E-state index contributed by atoms with van der Waals surface area (Å²) in [6.07, 6.45) is -0.773. The third-order valence-electron chi connectivity index (χ3n) is 3.21. The van der Waals surface area contributed by atoms with Gasteiger partial charge in [0, 0.05) is 17.5 Å². The van der Waals surface area contributed by atoms with Crippen molar-refractivity contribution in [2.24, 2.45) is 7.05 Å². The Kier molecular flexibility index (Phi) is 3.01. The van der Waals surface area contributed by atoms with Crippen molar-refractivity contribution in [3.8, 4) is 0 Å². The van der Waals surface area contributed by atoms with Gasteiger partial charge < -0.3 is 5.11 Å². The van der Waals surface area contributed by atoms with Crippen LogP contribution in [0.5, 0.6) is 0 Å². The molecule has 0 saturated carbocycles. The Morgan fingerprint density at radius 3 is 2.74 bits per heavy atom. The number of nitrogens with zero attached hydrogens (tertiary/aromatic N) is 2. The van der Waals surface area contributed by atoms with Gasteiger partial charge in [-0.1, -0.05) is 41.9 Å². The van der Waals surface area contributed by atoms with E-state index < -0.39 is 6.10 Å². The van der Waals surface area contributed by atoms with Gasteiger partial charge in [0.2, 0.25) is 0 Å². The van der Waals surface area contributed by atoms with Crippen molar-refractivity contribution in [3.05, 3.63) is 64.8 Å². The molecular formula is C15H13ClN2O. The van der Waals surface area contributed by atoms with E-state index in [0.717, 1.165) is 16.5 Å². The van der Waals surface area contributed by atoms with E-state index in [1.54, 1.807) is 16.8 Å². The highest BCUT2D eigenvalue weighted by molar-refractivity contribution is 6.30. The van der Waals surface area contributed by atoms with Crippen LogP contribution in [-0.2, 0) is 7.05 Å². The molecule has 0 amide bonds. The van der Waals surface area contributed by atoms with Gasteiger partial charge in [0.1, 0.15) is 11.8 Å². The lowest BCUT2D eigenvalue weighted by Gasteiger charge is -2.09. The van der Waals surface area contributed by atoms with Crippen molar-refractivity contribution in [2.75, 3.05) is 0 Å². The maximum absolute atomic E-state index is 10.5. The van der Waals surface area contributed by atoms with Crippen LogP contribution in [0.2, 0.25) is 5.02 Å². The zero-order valence-corrected chi connectivity index (χ0v) is 11.2. The Bertz CT molecular complexity index is 736. The second-order valence-electron chi connectivity index (χ2n) is 4.48. The maximum Gasteiger partial charge on any atom is 0.123 e. The number of para-hydroxylation sites is 1. The summed E-state index contributed by atoms with van der Waals surface area (Å²) in [6.45, 7) is 0. The summed E-state index contributed by atoms with van der Waals surface area (Å²) in [6, 6.07) is 15.1. The van der Waals surface area contributed by atoms with Crippen LogP contribution in [0, 0.1) is 0 Å². The summed E-state index contributed by atoms with van der Waals surface area (Å²) in [4.78, 5) is 0. The Morgan fingerprint density at radius 2 is 1.95 bits per heavy atom. The number of aliphatic hydroxyl groups is 1. The number of hydrogen-bond donors (Lipinski definition) is 1. The SMILES string of the molecule is Cn1nc(C(O)c2cccc(Cl)c2)c2ccccc21. The highest BCUT2D eigenvalue weighted by atomic mass is 35.5. The Hall–Kier alpha value is -1.84. The molecule has 0 aliphatic heterocycles. The molecule has 19 heavy (non-hydrogen) atoms. The fourth-order valence-corrected chi connectivity index (χ4v) is 2.48. The van der Waals surface area contributed by atoms with Crippen LogP contribution in [0.1, 0.15) is 17.4 Å². The molecule has 3 rings (SSSR count). The molecule has 2 aromatic carbocycles. The lowest BCUT2D eigenvalue weighted by atomic mass is 10.0. The quantitative estimate of drug-likeness (QED) is 0.777. The van der Waals surface area contributed by atoms with E-state index in [2.05, 4.69) is 5.10 Å². The third-order valence-corrected chi connectivity index (χ3v) is 3.44. The minimum absolute atomic E-state index is 0.608. The molecule has 1 aromatic heterocycles. The summed E-state index contributed by atoms with van der Waals surface area (Å²) < 4.78 is 1.78. The number of aryl methyl sites for hydroxylation is 1. The first-order valence-electron chi connectivity index (χ1n) is 6.02. The minimum atomic E-state index is -0.773. The van der Waals surface area contributed by atoms with Crippen LogP contribution in [0.4, 0.5) is 0 Å². The predicted molar refractivity (Wildman–Crippen MR) is 76.2 cm³/mol. The third kappa shape index (κ3) is 2.11. The molecule has 0 aliphatic rings. The number of hydrogen-bond acceptors (Lipinski definition) is 2. The van der Waals surface area contributed by atoms with Crippen LogP contribution in [0.3, 0.4) is 0 Å². The molecule has 1 unspecified atom stereocenters. The van der Waals surface area contributed by atoms with Gasteiger partial charge in [-0.3, -0.25) is 4.68 Å². The highest BCUT2D eigenvalue weighted by Gasteiger charge is 2.18. The van der Waals surface area contributed by atoms with Crippen LogP contribution < -0.4 is 0 Å². The van der Waals surface area contributed by atoms with Gasteiger partial charge in [-0.05, 0) is 23.8 Å². The first kappa shape index (κ1) is 12.2. The zero-order valence-electron chi connectivity index (χ0n) is 10.4. The van der Waals surface area contributed by atoms with Crippen molar-refractivity contribution >= 4 is 22.5 Å². The van der Waals surface area contributed by atoms with Crippen LogP contribution in [0.25, 0.3) is 10.9 Å². The van der Waals surface area contributed by atoms with Gasteiger partial charge in [0.05, 0.1) is 5.52 Å². The summed E-state index contributed by atoms with van der Waals surface area (Å²) >= 11 is 5.96. The van der Waals surface area contributed by atoms with Crippen molar-refractivity contribution in [3.63, 3.8) is 0 Å². The molecule has 4 heteroatoms. The Labute approximate surface area is 116 Å². The van der Waals surface area contributed by atoms with Crippen molar-refractivity contribution in [1.82, 2.24) is 9.78 Å². The molecule has 3 nitrogen and oxygen atoms in total. The van der Waals surface area contributed by atoms with Gasteiger partial charge in [0.25, 0.3) is 0 Å². The molecule has 96 valence electrons. The van der Waals surface area contributed by atoms with Crippen molar-refractivity contribution < 1.29 is 5.11 Å². The van der Waals surface area contributed by atoms with Crippen molar-refractivity contribution in [1.29, 1.82) is 0 Å². The van der Waals surface area contributed by atoms with E-state index in [9.17, 15) is 5.11 Å². The predicted octanol–water partition coefficient (Wildman–Crippen LogP) is 3.31. The smallest absolute Gasteiger partial charge is 0.123 e. The van der Waals surface area contributed by atoms with E-state index in [1.165, 1.54) is 0 Å². The minimum Gasteiger partial charge on any atom is -0.382 e. The largest absolute Gasteiger partial charge is 0.382 e. The second kappa shape index (κ2) is 4.68. The van der Waals surface area contributed by atoms with Gasteiger partial charge in [-0.25, -0.2) is 0 Å². The van der Waals surface area contributed by atoms with E-state index in [0.29, 0.717) is 10.7 Å². The normalized spacial score (nSPS) is 12.8. The van der Waals surface area contributed by atoms with Crippen LogP contribution in [0.15, 0.2) is 48.5 Å². The van der Waals surface area contributed by atoms with E-state index in [4.69, 9.17) is 11.6 Å². The Balaban J connectivity index is 2.14. The van der Waals surface area contributed by atoms with E-state index in [-0.39, 0.29) is 0 Å². The highest BCUT2D eigenvalue weighted by Crippen LogP contribution is 2.28. The van der Waals surface area contributed by atoms with Crippen LogP contribution in [-0.4, -0.2) is 14.9 Å².